The Bertz CT molecular complexity index is 747. The minimum atomic E-state index is -0.784. The Morgan fingerprint density at radius 3 is 2.63 bits per heavy atom. The molecule has 2 rings (SSSR count). The fourth-order valence-corrected chi connectivity index (χ4v) is 2.34. The highest BCUT2D eigenvalue weighted by atomic mass is 16.5. The summed E-state index contributed by atoms with van der Waals surface area (Å²) in [5.74, 6) is -2.19. The molecule has 1 aliphatic heterocycles. The molecule has 10 nitrogen and oxygen atoms in total. The van der Waals surface area contributed by atoms with Gasteiger partial charge in [-0.1, -0.05) is 12.1 Å². The molecular formula is C17H19N3O7. The summed E-state index contributed by atoms with van der Waals surface area (Å²) in [6.07, 6.45) is 0.130. The number of imide groups is 2. The smallest absolute Gasteiger partial charge is 0.324 e. The second-order valence-corrected chi connectivity index (χ2v) is 5.55. The van der Waals surface area contributed by atoms with Crippen LogP contribution in [0.1, 0.15) is 23.2 Å². The summed E-state index contributed by atoms with van der Waals surface area (Å²) in [5, 5.41) is 4.46. The number of urea groups is 1. The van der Waals surface area contributed by atoms with E-state index >= 15 is 0 Å². The molecule has 0 atom stereocenters. The maximum absolute atomic E-state index is 12.0. The average Bonchev–Trinajstić information content (AvgIpc) is 2.98. The maximum atomic E-state index is 12.0. The van der Waals surface area contributed by atoms with Gasteiger partial charge in [-0.05, 0) is 18.6 Å². The van der Waals surface area contributed by atoms with Gasteiger partial charge < -0.3 is 14.8 Å². The van der Waals surface area contributed by atoms with Crippen LogP contribution in [0.3, 0.4) is 0 Å². The lowest BCUT2D eigenvalue weighted by atomic mass is 10.2. The van der Waals surface area contributed by atoms with Crippen LogP contribution in [0.4, 0.5) is 4.79 Å². The molecule has 2 N–H and O–H groups in total. The molecule has 1 saturated heterocycles. The summed E-state index contributed by atoms with van der Waals surface area (Å²) in [6, 6.07) is 5.86. The number of hydrogen-bond acceptors (Lipinski definition) is 7. The Morgan fingerprint density at radius 2 is 1.96 bits per heavy atom. The standard InChI is InChI=1S/C17H19N3O7/c1-26-12-6-3-2-5-11(12)16(24)19-13(21)10-27-15(23)7-4-8-20-14(22)9-18-17(20)25/h2-3,5-6H,4,7-10H2,1H3,(H,18,25)(H,19,21,24). The van der Waals surface area contributed by atoms with Gasteiger partial charge in [0.1, 0.15) is 5.75 Å². The van der Waals surface area contributed by atoms with E-state index in [1.807, 2.05) is 0 Å². The van der Waals surface area contributed by atoms with Gasteiger partial charge in [0.15, 0.2) is 6.61 Å². The van der Waals surface area contributed by atoms with Gasteiger partial charge in [0.2, 0.25) is 5.91 Å². The van der Waals surface area contributed by atoms with E-state index in [9.17, 15) is 24.0 Å². The summed E-state index contributed by atoms with van der Waals surface area (Å²) >= 11 is 0. The third-order valence-electron chi connectivity index (χ3n) is 3.67. The van der Waals surface area contributed by atoms with Gasteiger partial charge in [-0.3, -0.25) is 29.4 Å². The number of hydrogen-bond donors (Lipinski definition) is 2. The third-order valence-corrected chi connectivity index (χ3v) is 3.67. The molecule has 0 bridgehead atoms. The minimum Gasteiger partial charge on any atom is -0.496 e. The number of ether oxygens (including phenoxy) is 2. The van der Waals surface area contributed by atoms with Gasteiger partial charge in [0, 0.05) is 13.0 Å². The number of amides is 5. The van der Waals surface area contributed by atoms with E-state index in [-0.39, 0.29) is 37.4 Å². The largest absolute Gasteiger partial charge is 0.496 e. The fraction of sp³-hybridized carbons (Fsp3) is 0.353. The molecule has 0 unspecified atom stereocenters. The van der Waals surface area contributed by atoms with Crippen molar-refractivity contribution in [3.63, 3.8) is 0 Å². The van der Waals surface area contributed by atoms with Crippen molar-refractivity contribution in [1.82, 2.24) is 15.5 Å². The lowest BCUT2D eigenvalue weighted by Gasteiger charge is -2.11. The molecule has 1 fully saturated rings. The fourth-order valence-electron chi connectivity index (χ4n) is 2.34. The van der Waals surface area contributed by atoms with Gasteiger partial charge in [0.05, 0.1) is 19.2 Å². The SMILES string of the molecule is COc1ccccc1C(=O)NC(=O)COC(=O)CCCN1C(=O)CNC1=O. The highest BCUT2D eigenvalue weighted by Gasteiger charge is 2.27. The molecule has 1 aromatic carbocycles. The minimum absolute atomic E-state index is 0.0519. The number of carbonyl (C=O) groups excluding carboxylic acids is 5. The summed E-state index contributed by atoms with van der Waals surface area (Å²) in [7, 11) is 1.40. The number of carbonyl (C=O) groups is 5. The number of methoxy groups -OCH3 is 1. The first-order valence-electron chi connectivity index (χ1n) is 8.13. The van der Waals surface area contributed by atoms with Crippen LogP contribution in [0.25, 0.3) is 0 Å². The average molecular weight is 377 g/mol. The molecule has 0 spiro atoms. The summed E-state index contributed by atoms with van der Waals surface area (Å²) in [5.41, 5.74) is 0.174. The Hall–Kier alpha value is -3.43. The lowest BCUT2D eigenvalue weighted by Crippen LogP contribution is -2.34. The van der Waals surface area contributed by atoms with Crippen LogP contribution in [0.5, 0.6) is 5.75 Å². The molecule has 0 radical (unpaired) electrons. The van der Waals surface area contributed by atoms with E-state index in [0.29, 0.717) is 5.75 Å². The first-order valence-corrected chi connectivity index (χ1v) is 8.13. The summed E-state index contributed by atoms with van der Waals surface area (Å²) in [6.45, 7) is -0.592. The number of nitrogens with one attached hydrogen (secondary N) is 2. The van der Waals surface area contributed by atoms with Crippen molar-refractivity contribution in [2.24, 2.45) is 0 Å². The van der Waals surface area contributed by atoms with Crippen molar-refractivity contribution < 1.29 is 33.4 Å². The van der Waals surface area contributed by atoms with Crippen molar-refractivity contribution in [2.75, 3.05) is 26.8 Å². The van der Waals surface area contributed by atoms with Gasteiger partial charge in [-0.25, -0.2) is 4.79 Å². The zero-order chi connectivity index (χ0) is 19.8. The van der Waals surface area contributed by atoms with Crippen LogP contribution in [0, 0.1) is 0 Å². The van der Waals surface area contributed by atoms with E-state index < -0.39 is 30.4 Å². The molecule has 0 aliphatic carbocycles. The first kappa shape index (κ1) is 19.9. The van der Waals surface area contributed by atoms with Crippen molar-refractivity contribution in [3.05, 3.63) is 29.8 Å². The normalized spacial score (nSPS) is 13.1. The van der Waals surface area contributed by atoms with Crippen LogP contribution in [-0.2, 0) is 19.1 Å². The molecular weight excluding hydrogens is 358 g/mol. The molecule has 144 valence electrons. The highest BCUT2D eigenvalue weighted by molar-refractivity contribution is 6.06. The van der Waals surface area contributed by atoms with Crippen molar-refractivity contribution >= 4 is 29.7 Å². The highest BCUT2D eigenvalue weighted by Crippen LogP contribution is 2.16. The zero-order valence-corrected chi connectivity index (χ0v) is 14.6. The second kappa shape index (κ2) is 9.32. The predicted molar refractivity (Wildman–Crippen MR) is 90.8 cm³/mol. The quantitative estimate of drug-likeness (QED) is 0.475. The van der Waals surface area contributed by atoms with Gasteiger partial charge in [0.25, 0.3) is 11.8 Å². The van der Waals surface area contributed by atoms with Gasteiger partial charge in [-0.2, -0.15) is 0 Å². The number of esters is 1. The monoisotopic (exact) mass is 377 g/mol. The number of para-hydroxylation sites is 1. The molecule has 1 aromatic rings. The maximum Gasteiger partial charge on any atom is 0.324 e. The molecule has 0 saturated carbocycles. The van der Waals surface area contributed by atoms with Gasteiger partial charge >= 0.3 is 12.0 Å². The molecule has 0 aromatic heterocycles. The topological polar surface area (TPSA) is 131 Å². The summed E-state index contributed by atoms with van der Waals surface area (Å²) < 4.78 is 9.81. The van der Waals surface area contributed by atoms with E-state index in [0.717, 1.165) is 4.90 Å². The van der Waals surface area contributed by atoms with Crippen molar-refractivity contribution in [3.8, 4) is 5.75 Å². The van der Waals surface area contributed by atoms with Gasteiger partial charge in [-0.15, -0.1) is 0 Å². The number of rotatable bonds is 8. The van der Waals surface area contributed by atoms with E-state index in [1.54, 1.807) is 18.2 Å². The van der Waals surface area contributed by atoms with Crippen LogP contribution >= 0.6 is 0 Å². The Balaban J connectivity index is 1.70. The Kier molecular flexibility index (Phi) is 6.86. The molecule has 1 heterocycles. The molecule has 5 amide bonds. The zero-order valence-electron chi connectivity index (χ0n) is 14.6. The Morgan fingerprint density at radius 1 is 1.22 bits per heavy atom. The van der Waals surface area contributed by atoms with E-state index in [2.05, 4.69) is 10.6 Å². The number of benzene rings is 1. The number of nitrogens with zero attached hydrogens (tertiary/aromatic N) is 1. The van der Waals surface area contributed by atoms with Crippen molar-refractivity contribution in [1.29, 1.82) is 0 Å². The van der Waals surface area contributed by atoms with Crippen LogP contribution < -0.4 is 15.4 Å². The van der Waals surface area contributed by atoms with Crippen LogP contribution in [0.15, 0.2) is 24.3 Å². The Labute approximate surface area is 154 Å². The summed E-state index contributed by atoms with van der Waals surface area (Å²) in [4.78, 5) is 59.1. The first-order chi connectivity index (χ1) is 12.9. The van der Waals surface area contributed by atoms with Crippen LogP contribution in [0.2, 0.25) is 0 Å². The lowest BCUT2D eigenvalue weighted by molar-refractivity contribution is -0.148. The molecule has 27 heavy (non-hydrogen) atoms. The second-order valence-electron chi connectivity index (χ2n) is 5.55. The van der Waals surface area contributed by atoms with Crippen molar-refractivity contribution in [2.45, 2.75) is 12.8 Å². The molecule has 1 aliphatic rings. The van der Waals surface area contributed by atoms with Crippen LogP contribution in [-0.4, -0.2) is 61.4 Å². The molecule has 10 heteroatoms. The third kappa shape index (κ3) is 5.53. The predicted octanol–water partition coefficient (Wildman–Crippen LogP) is -0.173. The van der Waals surface area contributed by atoms with E-state index in [4.69, 9.17) is 9.47 Å². The van der Waals surface area contributed by atoms with E-state index in [1.165, 1.54) is 13.2 Å².